The van der Waals surface area contributed by atoms with Crippen molar-refractivity contribution < 1.29 is 17.9 Å². The van der Waals surface area contributed by atoms with Gasteiger partial charge in [0.25, 0.3) is 0 Å². The van der Waals surface area contributed by atoms with E-state index >= 15 is 0 Å². The Hall–Kier alpha value is -2.09. The van der Waals surface area contributed by atoms with Crippen molar-refractivity contribution >= 4 is 10.0 Å². The van der Waals surface area contributed by atoms with Crippen molar-refractivity contribution in [2.75, 3.05) is 34.4 Å². The summed E-state index contributed by atoms with van der Waals surface area (Å²) < 4.78 is 39.3. The summed E-state index contributed by atoms with van der Waals surface area (Å²) in [6, 6.07) is 11.1. The zero-order chi connectivity index (χ0) is 19.6. The van der Waals surface area contributed by atoms with Crippen molar-refractivity contribution in [1.29, 1.82) is 0 Å². The van der Waals surface area contributed by atoms with Crippen LogP contribution >= 0.6 is 0 Å². The summed E-state index contributed by atoms with van der Waals surface area (Å²) in [5.41, 5.74) is 3.09. The van der Waals surface area contributed by atoms with E-state index in [1.807, 2.05) is 44.1 Å². The second-order valence-corrected chi connectivity index (χ2v) is 8.69. The Kier molecular flexibility index (Phi) is 5.74. The van der Waals surface area contributed by atoms with Crippen molar-refractivity contribution in [1.82, 2.24) is 9.62 Å². The van der Waals surface area contributed by atoms with Gasteiger partial charge in [0, 0.05) is 19.0 Å². The molecule has 146 valence electrons. The van der Waals surface area contributed by atoms with Gasteiger partial charge in [-0.25, -0.2) is 13.1 Å². The Bertz CT molecular complexity index is 926. The van der Waals surface area contributed by atoms with E-state index in [-0.39, 0.29) is 17.5 Å². The third kappa shape index (κ3) is 4.26. The summed E-state index contributed by atoms with van der Waals surface area (Å²) in [6.07, 6.45) is 0.884. The number of methoxy groups -OCH3 is 1. The van der Waals surface area contributed by atoms with Gasteiger partial charge in [-0.1, -0.05) is 18.2 Å². The second kappa shape index (κ2) is 7.88. The van der Waals surface area contributed by atoms with E-state index < -0.39 is 10.0 Å². The van der Waals surface area contributed by atoms with Gasteiger partial charge in [0.05, 0.1) is 13.7 Å². The normalized spacial score (nSPS) is 14.7. The molecule has 0 fully saturated rings. The summed E-state index contributed by atoms with van der Waals surface area (Å²) >= 11 is 0. The molecule has 0 aromatic heterocycles. The van der Waals surface area contributed by atoms with Crippen molar-refractivity contribution in [3.63, 3.8) is 0 Å². The van der Waals surface area contributed by atoms with E-state index in [2.05, 4.69) is 10.8 Å². The zero-order valence-corrected chi connectivity index (χ0v) is 17.0. The van der Waals surface area contributed by atoms with Gasteiger partial charge >= 0.3 is 0 Å². The molecule has 7 heteroatoms. The minimum absolute atomic E-state index is 0.0959. The summed E-state index contributed by atoms with van der Waals surface area (Å²) in [7, 11) is 1.65. The van der Waals surface area contributed by atoms with E-state index in [1.165, 1.54) is 12.7 Å². The van der Waals surface area contributed by atoms with Gasteiger partial charge in [-0.15, -0.1) is 0 Å². The minimum atomic E-state index is -3.70. The number of likely N-dealkylation sites (N-methyl/N-ethyl adjacent to an activating group) is 1. The summed E-state index contributed by atoms with van der Waals surface area (Å²) in [6.45, 7) is 2.81. The number of hydrogen-bond acceptors (Lipinski definition) is 5. The van der Waals surface area contributed by atoms with Gasteiger partial charge in [-0.3, -0.25) is 0 Å². The van der Waals surface area contributed by atoms with Crippen LogP contribution in [0.25, 0.3) is 0 Å². The third-order valence-corrected chi connectivity index (χ3v) is 6.24. The lowest BCUT2D eigenvalue weighted by Crippen LogP contribution is -2.34. The lowest BCUT2D eigenvalue weighted by Gasteiger charge is -2.25. The largest absolute Gasteiger partial charge is 0.495 e. The number of benzene rings is 2. The fourth-order valence-electron chi connectivity index (χ4n) is 3.27. The number of nitrogens with zero attached hydrogens (tertiary/aromatic N) is 1. The lowest BCUT2D eigenvalue weighted by molar-refractivity contribution is 0.299. The summed E-state index contributed by atoms with van der Waals surface area (Å²) in [5.74, 6) is 1.26. The predicted molar refractivity (Wildman–Crippen MR) is 105 cm³/mol. The SMILES string of the molecule is COc1ccc(C)cc1S(=O)(=O)NCC(c1ccc2c(c1)CCO2)N(C)C. The van der Waals surface area contributed by atoms with E-state index in [1.54, 1.807) is 12.1 Å². The molecule has 1 N–H and O–H groups in total. The Labute approximate surface area is 161 Å². The average Bonchev–Trinajstić information content (AvgIpc) is 3.09. The fraction of sp³-hybridized carbons (Fsp3) is 0.400. The maximum Gasteiger partial charge on any atom is 0.244 e. The zero-order valence-electron chi connectivity index (χ0n) is 16.2. The molecule has 0 spiro atoms. The molecule has 0 saturated carbocycles. The molecular formula is C20H26N2O4S. The molecule has 6 nitrogen and oxygen atoms in total. The molecule has 1 unspecified atom stereocenters. The van der Waals surface area contributed by atoms with E-state index in [0.29, 0.717) is 12.4 Å². The van der Waals surface area contributed by atoms with Gasteiger partial charge < -0.3 is 14.4 Å². The topological polar surface area (TPSA) is 67.9 Å². The summed E-state index contributed by atoms with van der Waals surface area (Å²) in [4.78, 5) is 2.16. The molecule has 27 heavy (non-hydrogen) atoms. The molecule has 0 aliphatic carbocycles. The van der Waals surface area contributed by atoms with Crippen molar-refractivity contribution in [2.24, 2.45) is 0 Å². The Morgan fingerprint density at radius 3 is 2.70 bits per heavy atom. The number of rotatable bonds is 7. The standard InChI is InChI=1S/C20H26N2O4S/c1-14-5-7-19(25-4)20(11-14)27(23,24)21-13-17(22(2)3)15-6-8-18-16(12-15)9-10-26-18/h5-8,11-12,17,21H,9-10,13H2,1-4H3. The Morgan fingerprint density at radius 2 is 2.00 bits per heavy atom. The quantitative estimate of drug-likeness (QED) is 0.787. The minimum Gasteiger partial charge on any atom is -0.495 e. The van der Waals surface area contributed by atoms with Crippen LogP contribution in [0.1, 0.15) is 22.7 Å². The first-order valence-electron chi connectivity index (χ1n) is 8.88. The van der Waals surface area contributed by atoms with Crippen LogP contribution in [0.4, 0.5) is 0 Å². The van der Waals surface area contributed by atoms with Crippen LogP contribution in [-0.2, 0) is 16.4 Å². The maximum absolute atomic E-state index is 12.9. The highest BCUT2D eigenvalue weighted by Crippen LogP contribution is 2.30. The van der Waals surface area contributed by atoms with Crippen molar-refractivity contribution in [3.05, 3.63) is 53.1 Å². The van der Waals surface area contributed by atoms with Crippen molar-refractivity contribution in [3.8, 4) is 11.5 Å². The molecule has 0 amide bonds. The van der Waals surface area contributed by atoms with Crippen LogP contribution in [0.5, 0.6) is 11.5 Å². The first-order valence-corrected chi connectivity index (χ1v) is 10.4. The highest BCUT2D eigenvalue weighted by atomic mass is 32.2. The predicted octanol–water partition coefficient (Wildman–Crippen LogP) is 2.52. The molecule has 0 radical (unpaired) electrons. The molecule has 1 aliphatic heterocycles. The molecule has 2 aromatic carbocycles. The average molecular weight is 391 g/mol. The van der Waals surface area contributed by atoms with Crippen LogP contribution in [0.2, 0.25) is 0 Å². The number of nitrogens with one attached hydrogen (secondary N) is 1. The van der Waals surface area contributed by atoms with Gasteiger partial charge in [-0.05, 0) is 55.9 Å². The highest BCUT2D eigenvalue weighted by Gasteiger charge is 2.24. The van der Waals surface area contributed by atoms with E-state index in [4.69, 9.17) is 9.47 Å². The van der Waals surface area contributed by atoms with E-state index in [0.717, 1.165) is 23.3 Å². The summed E-state index contributed by atoms with van der Waals surface area (Å²) in [5, 5.41) is 0. The van der Waals surface area contributed by atoms with E-state index in [9.17, 15) is 8.42 Å². The smallest absolute Gasteiger partial charge is 0.244 e. The molecule has 3 rings (SSSR count). The highest BCUT2D eigenvalue weighted by molar-refractivity contribution is 7.89. The Balaban J connectivity index is 1.83. The molecule has 1 atom stereocenters. The van der Waals surface area contributed by atoms with Crippen LogP contribution in [0, 0.1) is 6.92 Å². The second-order valence-electron chi connectivity index (χ2n) is 6.95. The first kappa shape index (κ1) is 19.7. The molecular weight excluding hydrogens is 364 g/mol. The number of ether oxygens (including phenoxy) is 2. The maximum atomic E-state index is 12.9. The van der Waals surface area contributed by atoms with Crippen molar-refractivity contribution in [2.45, 2.75) is 24.3 Å². The number of fused-ring (bicyclic) bond motifs is 1. The molecule has 2 aromatic rings. The monoisotopic (exact) mass is 390 g/mol. The molecule has 1 heterocycles. The third-order valence-electron chi connectivity index (χ3n) is 4.80. The van der Waals surface area contributed by atoms with Gasteiger partial charge in [0.2, 0.25) is 10.0 Å². The van der Waals surface area contributed by atoms with Crippen LogP contribution in [0.3, 0.4) is 0 Å². The van der Waals surface area contributed by atoms with Gasteiger partial charge in [-0.2, -0.15) is 0 Å². The fourth-order valence-corrected chi connectivity index (χ4v) is 4.56. The first-order chi connectivity index (χ1) is 12.8. The number of hydrogen-bond donors (Lipinski definition) is 1. The Morgan fingerprint density at radius 1 is 1.22 bits per heavy atom. The van der Waals surface area contributed by atoms with Crippen LogP contribution in [-0.4, -0.2) is 47.7 Å². The lowest BCUT2D eigenvalue weighted by atomic mass is 10.0. The number of aryl methyl sites for hydroxylation is 1. The van der Waals surface area contributed by atoms with Gasteiger partial charge in [0.1, 0.15) is 16.4 Å². The van der Waals surface area contributed by atoms with Crippen LogP contribution in [0.15, 0.2) is 41.3 Å². The van der Waals surface area contributed by atoms with Gasteiger partial charge in [0.15, 0.2) is 0 Å². The number of sulfonamides is 1. The molecule has 0 bridgehead atoms. The molecule has 1 aliphatic rings. The molecule has 0 saturated heterocycles. The van der Waals surface area contributed by atoms with Crippen LogP contribution < -0.4 is 14.2 Å².